The van der Waals surface area contributed by atoms with Gasteiger partial charge in [-0.15, -0.1) is 0 Å². The maximum absolute atomic E-state index is 11.0. The van der Waals surface area contributed by atoms with Crippen LogP contribution in [0.3, 0.4) is 0 Å². The average Bonchev–Trinajstić information content (AvgIpc) is 2.23. The monoisotopic (exact) mass is 229 g/mol. The fourth-order valence-corrected chi connectivity index (χ4v) is 1.72. The summed E-state index contributed by atoms with van der Waals surface area (Å²) in [6, 6.07) is 0.586. The first-order valence-corrected chi connectivity index (χ1v) is 6.18. The Morgan fingerprint density at radius 1 is 1.44 bits per heavy atom. The first kappa shape index (κ1) is 15.4. The summed E-state index contributed by atoms with van der Waals surface area (Å²) >= 11 is 0. The Morgan fingerprint density at radius 3 is 2.38 bits per heavy atom. The highest BCUT2D eigenvalue weighted by Gasteiger charge is 2.25. The summed E-state index contributed by atoms with van der Waals surface area (Å²) in [5, 5.41) is 0. The molecule has 2 unspecified atom stereocenters. The molecule has 0 bridgehead atoms. The predicted molar refractivity (Wildman–Crippen MR) is 68.0 cm³/mol. The molecule has 0 aromatic carbocycles. The van der Waals surface area contributed by atoms with Gasteiger partial charge >= 0.3 is 0 Å². The average molecular weight is 229 g/mol. The SMILES string of the molecule is CCC(C)N(CC)CCCC(C)(N)C(N)=O. The van der Waals surface area contributed by atoms with Crippen LogP contribution in [0.2, 0.25) is 0 Å². The molecule has 2 atom stereocenters. The van der Waals surface area contributed by atoms with Crippen molar-refractivity contribution in [1.82, 2.24) is 4.90 Å². The maximum atomic E-state index is 11.0. The van der Waals surface area contributed by atoms with Crippen LogP contribution < -0.4 is 11.5 Å². The second-order valence-electron chi connectivity index (χ2n) is 4.77. The molecule has 16 heavy (non-hydrogen) atoms. The first-order chi connectivity index (χ1) is 7.35. The lowest BCUT2D eigenvalue weighted by molar-refractivity contribution is -0.122. The van der Waals surface area contributed by atoms with E-state index >= 15 is 0 Å². The third-order valence-corrected chi connectivity index (χ3v) is 3.32. The largest absolute Gasteiger partial charge is 0.368 e. The fourth-order valence-electron chi connectivity index (χ4n) is 1.72. The van der Waals surface area contributed by atoms with Gasteiger partial charge in [-0.05, 0) is 46.2 Å². The highest BCUT2D eigenvalue weighted by Crippen LogP contribution is 2.11. The molecule has 0 aliphatic rings. The van der Waals surface area contributed by atoms with Crippen molar-refractivity contribution < 1.29 is 4.79 Å². The number of hydrogen-bond acceptors (Lipinski definition) is 3. The van der Waals surface area contributed by atoms with E-state index in [4.69, 9.17) is 11.5 Å². The van der Waals surface area contributed by atoms with Gasteiger partial charge in [-0.25, -0.2) is 0 Å². The highest BCUT2D eigenvalue weighted by molar-refractivity contribution is 5.83. The van der Waals surface area contributed by atoms with Crippen molar-refractivity contribution in [3.05, 3.63) is 0 Å². The molecule has 0 aliphatic heterocycles. The first-order valence-electron chi connectivity index (χ1n) is 6.18. The van der Waals surface area contributed by atoms with Gasteiger partial charge in [0, 0.05) is 6.04 Å². The zero-order chi connectivity index (χ0) is 12.8. The number of hydrogen-bond donors (Lipinski definition) is 2. The van der Waals surface area contributed by atoms with Gasteiger partial charge in [0.15, 0.2) is 0 Å². The number of carbonyl (C=O) groups excluding carboxylic acids is 1. The summed E-state index contributed by atoms with van der Waals surface area (Å²) in [4.78, 5) is 13.4. The topological polar surface area (TPSA) is 72.3 Å². The summed E-state index contributed by atoms with van der Waals surface area (Å²) in [5.74, 6) is -0.418. The molecule has 0 rings (SSSR count). The molecule has 4 nitrogen and oxygen atoms in total. The number of nitrogens with two attached hydrogens (primary N) is 2. The van der Waals surface area contributed by atoms with Gasteiger partial charge in [0.2, 0.25) is 5.91 Å². The van der Waals surface area contributed by atoms with E-state index in [0.717, 1.165) is 25.9 Å². The van der Waals surface area contributed by atoms with E-state index in [1.807, 2.05) is 0 Å². The zero-order valence-electron chi connectivity index (χ0n) is 11.1. The lowest BCUT2D eigenvalue weighted by Gasteiger charge is -2.28. The Kier molecular flexibility index (Phi) is 6.60. The molecule has 0 heterocycles. The third-order valence-electron chi connectivity index (χ3n) is 3.32. The van der Waals surface area contributed by atoms with Crippen molar-refractivity contribution >= 4 is 5.91 Å². The fraction of sp³-hybridized carbons (Fsp3) is 0.917. The Morgan fingerprint density at radius 2 is 2.00 bits per heavy atom. The van der Waals surface area contributed by atoms with Crippen molar-refractivity contribution in [3.63, 3.8) is 0 Å². The van der Waals surface area contributed by atoms with Crippen LogP contribution in [0.15, 0.2) is 0 Å². The quantitative estimate of drug-likeness (QED) is 0.654. The Hall–Kier alpha value is -0.610. The minimum atomic E-state index is -0.866. The van der Waals surface area contributed by atoms with Crippen LogP contribution >= 0.6 is 0 Å². The second-order valence-corrected chi connectivity index (χ2v) is 4.77. The molecule has 0 aliphatic carbocycles. The molecular weight excluding hydrogens is 202 g/mol. The van der Waals surface area contributed by atoms with Crippen molar-refractivity contribution in [2.75, 3.05) is 13.1 Å². The van der Waals surface area contributed by atoms with Crippen LogP contribution in [0.5, 0.6) is 0 Å². The van der Waals surface area contributed by atoms with E-state index in [-0.39, 0.29) is 0 Å². The summed E-state index contributed by atoms with van der Waals surface area (Å²) in [6.07, 6.45) is 2.70. The second kappa shape index (κ2) is 6.86. The Bertz CT molecular complexity index is 216. The van der Waals surface area contributed by atoms with Gasteiger partial charge < -0.3 is 16.4 Å². The molecule has 0 saturated heterocycles. The number of nitrogens with zero attached hydrogens (tertiary/aromatic N) is 1. The van der Waals surface area contributed by atoms with Crippen LogP contribution in [-0.4, -0.2) is 35.5 Å². The lowest BCUT2D eigenvalue weighted by atomic mass is 9.96. The van der Waals surface area contributed by atoms with Gasteiger partial charge in [-0.3, -0.25) is 4.79 Å². The molecular formula is C12H27N3O. The van der Waals surface area contributed by atoms with Gasteiger partial charge in [0.25, 0.3) is 0 Å². The normalized spacial score (nSPS) is 17.1. The molecule has 0 fully saturated rings. The van der Waals surface area contributed by atoms with Crippen molar-refractivity contribution in [2.24, 2.45) is 11.5 Å². The summed E-state index contributed by atoms with van der Waals surface area (Å²) in [7, 11) is 0. The van der Waals surface area contributed by atoms with E-state index < -0.39 is 11.4 Å². The van der Waals surface area contributed by atoms with Crippen LogP contribution in [0.25, 0.3) is 0 Å². The van der Waals surface area contributed by atoms with Crippen LogP contribution in [0.4, 0.5) is 0 Å². The van der Waals surface area contributed by atoms with E-state index in [9.17, 15) is 4.79 Å². The zero-order valence-corrected chi connectivity index (χ0v) is 11.1. The molecule has 1 amide bonds. The standard InChI is InChI=1S/C12H27N3O/c1-5-10(3)15(6-2)9-7-8-12(4,14)11(13)16/h10H,5-9,14H2,1-4H3,(H2,13,16). The lowest BCUT2D eigenvalue weighted by Crippen LogP contribution is -2.49. The summed E-state index contributed by atoms with van der Waals surface area (Å²) in [5.41, 5.74) is 10.2. The van der Waals surface area contributed by atoms with Crippen LogP contribution in [0.1, 0.15) is 47.0 Å². The number of amides is 1. The van der Waals surface area contributed by atoms with Gasteiger partial charge in [-0.1, -0.05) is 13.8 Å². The molecule has 0 spiro atoms. The van der Waals surface area contributed by atoms with Crippen LogP contribution in [-0.2, 0) is 4.79 Å². The van der Waals surface area contributed by atoms with E-state index in [1.165, 1.54) is 0 Å². The molecule has 96 valence electrons. The van der Waals surface area contributed by atoms with Crippen molar-refractivity contribution in [1.29, 1.82) is 0 Å². The van der Waals surface area contributed by atoms with E-state index in [2.05, 4.69) is 25.7 Å². The Labute approximate surface area is 99.4 Å². The summed E-state index contributed by atoms with van der Waals surface area (Å²) < 4.78 is 0. The molecule has 4 N–H and O–H groups in total. The molecule has 0 saturated carbocycles. The third kappa shape index (κ3) is 4.94. The Balaban J connectivity index is 4.00. The van der Waals surface area contributed by atoms with E-state index in [0.29, 0.717) is 12.5 Å². The van der Waals surface area contributed by atoms with Crippen LogP contribution in [0, 0.1) is 0 Å². The number of rotatable bonds is 8. The molecule has 0 radical (unpaired) electrons. The van der Waals surface area contributed by atoms with Gasteiger partial charge in [-0.2, -0.15) is 0 Å². The van der Waals surface area contributed by atoms with Gasteiger partial charge in [0.05, 0.1) is 5.54 Å². The summed E-state index contributed by atoms with van der Waals surface area (Å²) in [6.45, 7) is 10.3. The molecule has 0 aromatic rings. The van der Waals surface area contributed by atoms with E-state index in [1.54, 1.807) is 6.92 Å². The maximum Gasteiger partial charge on any atom is 0.237 e. The number of primary amides is 1. The molecule has 0 aromatic heterocycles. The van der Waals surface area contributed by atoms with Crippen molar-refractivity contribution in [2.45, 2.75) is 58.5 Å². The predicted octanol–water partition coefficient (Wildman–Crippen LogP) is 1.09. The number of carbonyl (C=O) groups is 1. The van der Waals surface area contributed by atoms with Gasteiger partial charge in [0.1, 0.15) is 0 Å². The minimum absolute atomic E-state index is 0.418. The smallest absolute Gasteiger partial charge is 0.237 e. The molecule has 4 heteroatoms. The van der Waals surface area contributed by atoms with Crippen molar-refractivity contribution in [3.8, 4) is 0 Å². The minimum Gasteiger partial charge on any atom is -0.368 e. The highest BCUT2D eigenvalue weighted by atomic mass is 16.1.